The van der Waals surface area contributed by atoms with Crippen LogP contribution in [-0.2, 0) is 51.2 Å². The Morgan fingerprint density at radius 1 is 0.444 bits per heavy atom. The second-order valence-electron chi connectivity index (χ2n) is 12.6. The van der Waals surface area contributed by atoms with Crippen LogP contribution in [0, 0.1) is 0 Å². The summed E-state index contributed by atoms with van der Waals surface area (Å²) in [5, 5.41) is 37.2. The van der Waals surface area contributed by atoms with Crippen LogP contribution in [-0.4, -0.2) is 95.8 Å². The van der Waals surface area contributed by atoms with E-state index in [9.17, 15) is 20.4 Å². The van der Waals surface area contributed by atoms with Crippen molar-refractivity contribution in [2.75, 3.05) is 26.4 Å². The van der Waals surface area contributed by atoms with Gasteiger partial charge in [0.15, 0.2) is 25.0 Å². The first-order valence-corrected chi connectivity index (χ1v) is 34.6. The zero-order valence-corrected chi connectivity index (χ0v) is 41.2. The average molecular weight is 803 g/mol. The molecule has 20 heteroatoms. The minimum Gasteiger partial charge on any atom is -0.854 e. The fourth-order valence-corrected chi connectivity index (χ4v) is 16.4. The molecule has 45 heavy (non-hydrogen) atoms. The van der Waals surface area contributed by atoms with Crippen LogP contribution in [0.1, 0.15) is 53.4 Å². The second-order valence-corrected chi connectivity index (χ2v) is 34.9. The van der Waals surface area contributed by atoms with Crippen molar-refractivity contribution in [1.29, 1.82) is 0 Å². The molecule has 1 rings (SSSR count). The Bertz CT molecular complexity index is 479. The molecule has 0 aliphatic carbocycles. The first-order valence-electron chi connectivity index (χ1n) is 16.0. The number of rotatable bonds is 10. The molecule has 11 nitrogen and oxygen atoms in total. The molecule has 0 atom stereocenters. The van der Waals surface area contributed by atoms with E-state index in [1.165, 1.54) is 0 Å². The molecule has 0 bridgehead atoms. The van der Waals surface area contributed by atoms with Gasteiger partial charge in [-0.05, 0) is 85.1 Å². The van der Waals surface area contributed by atoms with Gasteiger partial charge in [-0.15, -0.1) is 26.4 Å². The predicted molar refractivity (Wildman–Crippen MR) is 196 cm³/mol. The maximum Gasteiger partial charge on any atom is 4.00 e. The monoisotopic (exact) mass is 802 g/mol. The normalized spacial score (nSPS) is 19.7. The smallest absolute Gasteiger partial charge is 0.854 e. The summed E-state index contributed by atoms with van der Waals surface area (Å²) in [4.78, 5) is 0. The SMILES string of the molecule is CCC[O-].CCC[O-].CCC[O-].CCC[O-].C[SiH]1O[SiH](C)O[SiH](C)O[SiH](C)O1.C[Si](C)(C)OB(O[Si](C)(C)C)O[Si](C)(C)C.[Ti+4]. The Kier molecular flexibility index (Phi) is 48.7. The van der Waals surface area contributed by atoms with Crippen LogP contribution in [0.3, 0.4) is 0 Å². The molecule has 0 unspecified atom stereocenters. The quantitative estimate of drug-likeness (QED) is 0.298. The Morgan fingerprint density at radius 2 is 0.578 bits per heavy atom. The van der Waals surface area contributed by atoms with E-state index in [2.05, 4.69) is 58.9 Å². The molecule has 272 valence electrons. The van der Waals surface area contributed by atoms with Crippen LogP contribution >= 0.6 is 0 Å². The van der Waals surface area contributed by atoms with E-state index in [0.29, 0.717) is 0 Å². The number of hydrogen-bond acceptors (Lipinski definition) is 11. The van der Waals surface area contributed by atoms with Gasteiger partial charge in [-0.25, -0.2) is 0 Å². The molecular formula is C25H71BO11Si7Ti. The molecule has 0 aromatic heterocycles. The van der Waals surface area contributed by atoms with Crippen molar-refractivity contribution >= 4 is 69.4 Å². The summed E-state index contributed by atoms with van der Waals surface area (Å²) in [6.07, 6.45) is 3.06. The summed E-state index contributed by atoms with van der Waals surface area (Å²) in [5.74, 6) is 0. The molecule has 1 heterocycles. The fourth-order valence-electron chi connectivity index (χ4n) is 2.15. The molecule has 0 aromatic rings. The van der Waals surface area contributed by atoms with Gasteiger partial charge in [-0.3, -0.25) is 0 Å². The topological polar surface area (TPSA) is 157 Å². The van der Waals surface area contributed by atoms with Gasteiger partial charge in [-0.2, -0.15) is 0 Å². The summed E-state index contributed by atoms with van der Waals surface area (Å²) in [5.41, 5.74) is 0. The van der Waals surface area contributed by atoms with Gasteiger partial charge in [0, 0.05) is 0 Å². The number of hydrogen-bond donors (Lipinski definition) is 0. The summed E-state index contributed by atoms with van der Waals surface area (Å²) in [6, 6.07) is 0. The van der Waals surface area contributed by atoms with Crippen molar-refractivity contribution in [1.82, 2.24) is 0 Å². The Labute approximate surface area is 304 Å². The van der Waals surface area contributed by atoms with Gasteiger partial charge in [0.2, 0.25) is 0 Å². The second kappa shape index (κ2) is 37.1. The van der Waals surface area contributed by atoms with Crippen LogP contribution in [0.4, 0.5) is 0 Å². The Balaban J connectivity index is -0.000000114. The van der Waals surface area contributed by atoms with Gasteiger partial charge < -0.3 is 49.9 Å². The standard InChI is InChI=1S/C9H27BO3Si3.C4H16O4Si4.4C3H7O.Ti/c1-14(2,3)11-10(12-15(4,5)6)13-16(7,8)9;1-9-5-10(2)7-12(4)8-11(3)6-9;4*1-2-3-4;/h1-9H3;9-12H,1-4H3;4*2-3H2,1H3;/q;;4*-1;+4. The minimum atomic E-state index is -1.63. The van der Waals surface area contributed by atoms with Gasteiger partial charge in [0.25, 0.3) is 37.1 Å². The molecule has 1 fully saturated rings. The van der Waals surface area contributed by atoms with Crippen molar-refractivity contribution in [3.8, 4) is 0 Å². The maximum atomic E-state index is 9.30. The van der Waals surface area contributed by atoms with Gasteiger partial charge in [-0.1, -0.05) is 53.4 Å². The maximum absolute atomic E-state index is 9.30. The summed E-state index contributed by atoms with van der Waals surface area (Å²) >= 11 is 0. The molecule has 1 aliphatic rings. The first-order chi connectivity index (χ1) is 20.0. The molecule has 0 aromatic carbocycles. The molecule has 1 aliphatic heterocycles. The minimum absolute atomic E-state index is 0. The van der Waals surface area contributed by atoms with E-state index >= 15 is 0 Å². The van der Waals surface area contributed by atoms with Crippen molar-refractivity contribution in [3.63, 3.8) is 0 Å². The molecule has 0 N–H and O–H groups in total. The van der Waals surface area contributed by atoms with Crippen molar-refractivity contribution in [2.24, 2.45) is 0 Å². The third-order valence-corrected chi connectivity index (χ3v) is 18.7. The summed E-state index contributed by atoms with van der Waals surface area (Å²) in [6.45, 7) is 35.3. The van der Waals surface area contributed by atoms with Crippen LogP contribution in [0.2, 0.25) is 85.1 Å². The van der Waals surface area contributed by atoms with E-state index in [-0.39, 0.29) is 48.1 Å². The van der Waals surface area contributed by atoms with Gasteiger partial charge in [0.1, 0.15) is 0 Å². The van der Waals surface area contributed by atoms with Crippen LogP contribution in [0.15, 0.2) is 0 Å². The van der Waals surface area contributed by atoms with Crippen molar-refractivity contribution in [3.05, 3.63) is 0 Å². The third-order valence-electron chi connectivity index (χ3n) is 3.70. The van der Waals surface area contributed by atoms with E-state index < -0.39 is 69.4 Å². The van der Waals surface area contributed by atoms with Crippen LogP contribution in [0.25, 0.3) is 0 Å². The van der Waals surface area contributed by atoms with E-state index in [1.54, 1.807) is 0 Å². The first kappa shape index (κ1) is 59.0. The largest absolute Gasteiger partial charge is 4.00 e. The summed E-state index contributed by atoms with van der Waals surface area (Å²) < 4.78 is 40.5. The van der Waals surface area contributed by atoms with E-state index in [1.807, 2.05) is 53.9 Å². The van der Waals surface area contributed by atoms with E-state index in [0.717, 1.165) is 25.7 Å². The van der Waals surface area contributed by atoms with Gasteiger partial charge in [0.05, 0.1) is 0 Å². The van der Waals surface area contributed by atoms with Crippen LogP contribution in [0.5, 0.6) is 0 Å². The molecule has 0 amide bonds. The zero-order chi connectivity index (χ0) is 36.0. The van der Waals surface area contributed by atoms with Crippen LogP contribution < -0.4 is 20.4 Å². The van der Waals surface area contributed by atoms with Crippen molar-refractivity contribution < 1.29 is 71.6 Å². The van der Waals surface area contributed by atoms with E-state index in [4.69, 9.17) is 29.5 Å². The average Bonchev–Trinajstić information content (AvgIpc) is 2.85. The molecule has 1 saturated heterocycles. The molecule has 0 spiro atoms. The summed E-state index contributed by atoms with van der Waals surface area (Å²) in [7, 11) is -11.0. The molecule has 0 saturated carbocycles. The molecular weight excluding hydrogens is 732 g/mol. The predicted octanol–water partition coefficient (Wildman–Crippen LogP) is 2.02. The Morgan fingerprint density at radius 3 is 0.667 bits per heavy atom. The zero-order valence-electron chi connectivity index (χ0n) is 32.0. The van der Waals surface area contributed by atoms with Gasteiger partial charge >= 0.3 is 29.0 Å². The third kappa shape index (κ3) is 64.9. The fraction of sp³-hybridized carbons (Fsp3) is 1.00. The Hall–Kier alpha value is 1.86. The molecule has 0 radical (unpaired) electrons. The van der Waals surface area contributed by atoms with Crippen molar-refractivity contribution in [2.45, 2.75) is 138 Å².